The molecule has 1 fully saturated rings. The van der Waals surface area contributed by atoms with Gasteiger partial charge in [-0.2, -0.15) is 0 Å². The predicted octanol–water partition coefficient (Wildman–Crippen LogP) is 0.860. The van der Waals surface area contributed by atoms with Crippen LogP contribution in [0.15, 0.2) is 0 Å². The van der Waals surface area contributed by atoms with Crippen LogP contribution in [0.4, 0.5) is 0 Å². The van der Waals surface area contributed by atoms with Gasteiger partial charge < -0.3 is 15.3 Å². The largest absolute Gasteiger partial charge is 0.477 e. The van der Waals surface area contributed by atoms with Gasteiger partial charge in [0.1, 0.15) is 16.4 Å². The number of rotatable bonds is 5. The number of carboxylic acids is 1. The molecule has 1 aliphatic heterocycles. The second-order valence-corrected chi connectivity index (χ2v) is 6.62. The van der Waals surface area contributed by atoms with Gasteiger partial charge in [-0.15, -0.1) is 23.1 Å². The highest BCUT2D eigenvalue weighted by Gasteiger charge is 2.24. The second kappa shape index (κ2) is 6.44. The van der Waals surface area contributed by atoms with Crippen LogP contribution in [-0.4, -0.2) is 50.9 Å². The lowest BCUT2D eigenvalue weighted by Crippen LogP contribution is -2.39. The normalized spacial score (nSPS) is 16.1. The van der Waals surface area contributed by atoms with Crippen LogP contribution >= 0.6 is 23.1 Å². The van der Waals surface area contributed by atoms with Gasteiger partial charge in [-0.25, -0.2) is 9.78 Å². The molecule has 1 saturated heterocycles. The van der Waals surface area contributed by atoms with Crippen molar-refractivity contribution in [1.82, 2.24) is 15.2 Å². The third-order valence-electron chi connectivity index (χ3n) is 2.92. The molecule has 114 valence electrons. The van der Waals surface area contributed by atoms with Crippen LogP contribution in [0.3, 0.4) is 0 Å². The minimum absolute atomic E-state index is 0.0202. The van der Waals surface area contributed by atoms with E-state index in [-0.39, 0.29) is 29.3 Å². The first-order valence-corrected chi connectivity index (χ1v) is 8.21. The Bertz CT molecular complexity index is 587. The average Bonchev–Trinajstić information content (AvgIpc) is 2.96. The molecular formula is C12H15N3O4S2. The van der Waals surface area contributed by atoms with Crippen LogP contribution in [-0.2, 0) is 9.59 Å². The molecule has 1 atom stereocenters. The molecular weight excluding hydrogens is 314 g/mol. The van der Waals surface area contributed by atoms with Gasteiger partial charge >= 0.3 is 5.97 Å². The van der Waals surface area contributed by atoms with E-state index in [1.54, 1.807) is 13.8 Å². The van der Waals surface area contributed by atoms with Gasteiger partial charge in [0.15, 0.2) is 0 Å². The fraction of sp³-hybridized carbons (Fsp3) is 0.500. The molecule has 2 amide bonds. The molecule has 2 N–H and O–H groups in total. The van der Waals surface area contributed by atoms with Crippen LogP contribution in [0.1, 0.15) is 33.3 Å². The van der Waals surface area contributed by atoms with Crippen molar-refractivity contribution in [3.05, 3.63) is 15.6 Å². The lowest BCUT2D eigenvalue weighted by molar-refractivity contribution is -0.132. The summed E-state index contributed by atoms with van der Waals surface area (Å²) in [6, 6.07) is -0.389. The van der Waals surface area contributed by atoms with E-state index in [0.717, 1.165) is 11.3 Å². The lowest BCUT2D eigenvalue weighted by atomic mass is 10.3. The Morgan fingerprint density at radius 1 is 1.52 bits per heavy atom. The van der Waals surface area contributed by atoms with Crippen LogP contribution in [0, 0.1) is 6.92 Å². The number of nitrogens with zero attached hydrogens (tertiary/aromatic N) is 2. The molecule has 0 bridgehead atoms. The third-order valence-corrected chi connectivity index (χ3v) is 5.19. The van der Waals surface area contributed by atoms with Crippen molar-refractivity contribution in [1.29, 1.82) is 0 Å². The molecule has 0 aliphatic carbocycles. The molecule has 21 heavy (non-hydrogen) atoms. The number of thiazole rings is 1. The van der Waals surface area contributed by atoms with E-state index in [1.807, 2.05) is 0 Å². The summed E-state index contributed by atoms with van der Waals surface area (Å²) >= 11 is 2.53. The maximum Gasteiger partial charge on any atom is 0.347 e. The van der Waals surface area contributed by atoms with Crippen molar-refractivity contribution in [2.45, 2.75) is 19.9 Å². The Labute approximate surface area is 129 Å². The molecule has 7 nitrogen and oxygen atoms in total. The van der Waals surface area contributed by atoms with Gasteiger partial charge in [0.05, 0.1) is 23.4 Å². The zero-order chi connectivity index (χ0) is 15.6. The van der Waals surface area contributed by atoms with Crippen LogP contribution in [0.5, 0.6) is 0 Å². The number of thioether (sulfide) groups is 1. The molecule has 9 heteroatoms. The van der Waals surface area contributed by atoms with Gasteiger partial charge in [-0.1, -0.05) is 0 Å². The fourth-order valence-corrected chi connectivity index (χ4v) is 3.68. The van der Waals surface area contributed by atoms with Crippen molar-refractivity contribution in [3.8, 4) is 0 Å². The summed E-state index contributed by atoms with van der Waals surface area (Å²) < 4.78 is 0. The minimum Gasteiger partial charge on any atom is -0.477 e. The van der Waals surface area contributed by atoms with Crippen LogP contribution in [0.25, 0.3) is 0 Å². The summed E-state index contributed by atoms with van der Waals surface area (Å²) in [7, 11) is 0. The lowest BCUT2D eigenvalue weighted by Gasteiger charge is -2.16. The van der Waals surface area contributed by atoms with Gasteiger partial charge in [-0.05, 0) is 13.8 Å². The predicted molar refractivity (Wildman–Crippen MR) is 79.4 cm³/mol. The zero-order valence-corrected chi connectivity index (χ0v) is 13.2. The SMILES string of the molecule is Cc1nc(C(C)NC(=O)CN2CSCC2=O)sc1C(=O)O. The smallest absolute Gasteiger partial charge is 0.347 e. The van der Waals surface area contributed by atoms with E-state index in [9.17, 15) is 14.4 Å². The molecule has 1 aromatic rings. The number of aromatic nitrogens is 1. The molecule has 0 aromatic carbocycles. The highest BCUT2D eigenvalue weighted by molar-refractivity contribution is 8.00. The number of nitrogens with one attached hydrogen (secondary N) is 1. The van der Waals surface area contributed by atoms with Crippen molar-refractivity contribution >= 4 is 40.9 Å². The number of aryl methyl sites for hydroxylation is 1. The minimum atomic E-state index is -1.02. The highest BCUT2D eigenvalue weighted by atomic mass is 32.2. The topological polar surface area (TPSA) is 99.6 Å². The van der Waals surface area contributed by atoms with Crippen LogP contribution in [0.2, 0.25) is 0 Å². The fourth-order valence-electron chi connectivity index (χ4n) is 1.86. The van der Waals surface area contributed by atoms with Crippen molar-refractivity contribution < 1.29 is 19.5 Å². The van der Waals surface area contributed by atoms with Crippen molar-refractivity contribution in [2.24, 2.45) is 0 Å². The highest BCUT2D eigenvalue weighted by Crippen LogP contribution is 2.23. The third kappa shape index (κ3) is 3.73. The molecule has 0 saturated carbocycles. The van der Waals surface area contributed by atoms with E-state index in [0.29, 0.717) is 22.3 Å². The molecule has 0 spiro atoms. The molecule has 1 unspecified atom stereocenters. The number of aromatic carboxylic acids is 1. The first-order valence-electron chi connectivity index (χ1n) is 6.24. The number of carboxylic acid groups (broad SMARTS) is 1. The van der Waals surface area contributed by atoms with E-state index in [2.05, 4.69) is 10.3 Å². The Balaban J connectivity index is 1.96. The molecule has 2 heterocycles. The quantitative estimate of drug-likeness (QED) is 0.831. The number of carbonyl (C=O) groups is 3. The first kappa shape index (κ1) is 15.8. The van der Waals surface area contributed by atoms with Crippen molar-refractivity contribution in [3.63, 3.8) is 0 Å². The van der Waals surface area contributed by atoms with Gasteiger partial charge in [-0.3, -0.25) is 9.59 Å². The zero-order valence-electron chi connectivity index (χ0n) is 11.6. The molecule has 2 rings (SSSR count). The summed E-state index contributed by atoms with van der Waals surface area (Å²) in [6.45, 7) is 3.38. The van der Waals surface area contributed by atoms with Gasteiger partial charge in [0, 0.05) is 0 Å². The summed E-state index contributed by atoms with van der Waals surface area (Å²) in [5.74, 6) is -0.394. The average molecular weight is 329 g/mol. The number of hydrogen-bond acceptors (Lipinski definition) is 6. The summed E-state index contributed by atoms with van der Waals surface area (Å²) in [5.41, 5.74) is 0.440. The number of amides is 2. The van der Waals surface area contributed by atoms with Gasteiger partial charge in [0.25, 0.3) is 0 Å². The summed E-state index contributed by atoms with van der Waals surface area (Å²) in [5, 5.41) is 12.3. The Hall–Kier alpha value is -1.61. The van der Waals surface area contributed by atoms with Crippen LogP contribution < -0.4 is 5.32 Å². The monoisotopic (exact) mass is 329 g/mol. The first-order chi connectivity index (χ1) is 9.88. The Morgan fingerprint density at radius 3 is 2.76 bits per heavy atom. The Kier molecular flexibility index (Phi) is 4.84. The molecule has 1 aliphatic rings. The van der Waals surface area contributed by atoms with E-state index >= 15 is 0 Å². The van der Waals surface area contributed by atoms with E-state index in [1.165, 1.54) is 16.7 Å². The van der Waals surface area contributed by atoms with E-state index < -0.39 is 5.97 Å². The van der Waals surface area contributed by atoms with Crippen molar-refractivity contribution in [2.75, 3.05) is 18.2 Å². The second-order valence-electron chi connectivity index (χ2n) is 4.63. The van der Waals surface area contributed by atoms with Gasteiger partial charge in [0.2, 0.25) is 11.8 Å². The Morgan fingerprint density at radius 2 is 2.24 bits per heavy atom. The molecule has 0 radical (unpaired) electrons. The maximum atomic E-state index is 11.9. The number of carbonyl (C=O) groups excluding carboxylic acids is 2. The summed E-state index contributed by atoms with van der Waals surface area (Å²) in [4.78, 5) is 40.2. The van der Waals surface area contributed by atoms with E-state index in [4.69, 9.17) is 5.11 Å². The number of hydrogen-bond donors (Lipinski definition) is 2. The standard InChI is InChI=1S/C12H15N3O4S2/c1-6-10(12(18)19)21-11(14-6)7(2)13-8(16)3-15-5-20-4-9(15)17/h7H,3-5H2,1-2H3,(H,13,16)(H,18,19). The molecule has 1 aromatic heterocycles. The summed E-state index contributed by atoms with van der Waals surface area (Å²) in [6.07, 6.45) is 0. The maximum absolute atomic E-state index is 11.9.